The van der Waals surface area contributed by atoms with Crippen LogP contribution in [0.15, 0.2) is 0 Å². The van der Waals surface area contributed by atoms with Gasteiger partial charge in [-0.3, -0.25) is 0 Å². The van der Waals surface area contributed by atoms with Crippen molar-refractivity contribution in [1.29, 1.82) is 0 Å². The Morgan fingerprint density at radius 3 is 2.32 bits per heavy atom. The van der Waals surface area contributed by atoms with Crippen LogP contribution in [0.5, 0.6) is 0 Å². The Kier molecular flexibility index (Phi) is 6.58. The fourth-order valence-corrected chi connectivity index (χ4v) is 1.15. The summed E-state index contributed by atoms with van der Waals surface area (Å²) in [5, 5.41) is 11.3. The molecule has 114 valence electrons. The Balaban J connectivity index is 3.87. The van der Waals surface area contributed by atoms with Gasteiger partial charge in [-0.1, -0.05) is 0 Å². The average Bonchev–Trinajstić information content (AvgIpc) is 2.12. The second-order valence-corrected chi connectivity index (χ2v) is 5.25. The largest absolute Gasteiger partial charge is 0.444 e. The standard InChI is InChI=1S/C11H21F3N2O3/c1-10(2,3)19-9(18)15-5-6-16(4)7-8(17)11(12,13)14/h8,17H,5-7H2,1-4H3,(H,15,18)/t8-/m1/s1. The molecule has 0 spiro atoms. The summed E-state index contributed by atoms with van der Waals surface area (Å²) >= 11 is 0. The molecule has 0 aliphatic heterocycles. The molecule has 0 aromatic rings. The van der Waals surface area contributed by atoms with E-state index in [1.54, 1.807) is 20.8 Å². The highest BCUT2D eigenvalue weighted by Crippen LogP contribution is 2.20. The number of amides is 1. The number of nitrogens with one attached hydrogen (secondary N) is 1. The number of carbonyl (C=O) groups excluding carboxylic acids is 1. The summed E-state index contributed by atoms with van der Waals surface area (Å²) in [7, 11) is 1.42. The maximum atomic E-state index is 12.1. The number of ether oxygens (including phenoxy) is 1. The number of alkyl carbamates (subject to hydrolysis) is 1. The number of nitrogens with zero attached hydrogens (tertiary/aromatic N) is 1. The third kappa shape index (κ3) is 9.54. The van der Waals surface area contributed by atoms with Crippen LogP contribution in [0, 0.1) is 0 Å². The monoisotopic (exact) mass is 286 g/mol. The number of hydrogen-bond donors (Lipinski definition) is 2. The molecule has 8 heteroatoms. The third-order valence-corrected chi connectivity index (χ3v) is 2.02. The van der Waals surface area contributed by atoms with Crippen molar-refractivity contribution in [3.8, 4) is 0 Å². The molecule has 0 unspecified atom stereocenters. The first-order valence-electron chi connectivity index (χ1n) is 5.82. The predicted molar refractivity (Wildman–Crippen MR) is 63.8 cm³/mol. The second kappa shape index (κ2) is 6.95. The fourth-order valence-electron chi connectivity index (χ4n) is 1.15. The molecular weight excluding hydrogens is 265 g/mol. The van der Waals surface area contributed by atoms with Gasteiger partial charge in [0.1, 0.15) is 5.60 Å². The summed E-state index contributed by atoms with van der Waals surface area (Å²) in [4.78, 5) is 12.5. The number of aliphatic hydroxyl groups excluding tert-OH is 1. The summed E-state index contributed by atoms with van der Waals surface area (Å²) in [6.07, 6.45) is -7.65. The number of halogens is 3. The molecule has 19 heavy (non-hydrogen) atoms. The van der Waals surface area contributed by atoms with Gasteiger partial charge in [0.2, 0.25) is 0 Å². The zero-order valence-corrected chi connectivity index (χ0v) is 11.5. The van der Waals surface area contributed by atoms with Crippen molar-refractivity contribution in [3.63, 3.8) is 0 Å². The highest BCUT2D eigenvalue weighted by atomic mass is 19.4. The van der Waals surface area contributed by atoms with E-state index in [9.17, 15) is 18.0 Å². The summed E-state index contributed by atoms with van der Waals surface area (Å²) in [5.41, 5.74) is -0.623. The van der Waals surface area contributed by atoms with Gasteiger partial charge in [-0.15, -0.1) is 0 Å². The van der Waals surface area contributed by atoms with E-state index in [-0.39, 0.29) is 13.1 Å². The number of alkyl halides is 3. The van der Waals surface area contributed by atoms with Crippen LogP contribution in [0.2, 0.25) is 0 Å². The minimum atomic E-state index is -4.63. The molecule has 2 N–H and O–H groups in total. The molecule has 1 amide bonds. The maximum Gasteiger partial charge on any atom is 0.415 e. The fraction of sp³-hybridized carbons (Fsp3) is 0.909. The molecule has 0 aromatic carbocycles. The van der Waals surface area contributed by atoms with E-state index in [0.29, 0.717) is 0 Å². The van der Waals surface area contributed by atoms with Crippen molar-refractivity contribution in [3.05, 3.63) is 0 Å². The minimum absolute atomic E-state index is 0.135. The van der Waals surface area contributed by atoms with E-state index in [0.717, 1.165) is 0 Å². The molecule has 0 saturated heterocycles. The van der Waals surface area contributed by atoms with Crippen LogP contribution in [-0.2, 0) is 4.74 Å². The van der Waals surface area contributed by atoms with E-state index in [1.165, 1.54) is 11.9 Å². The van der Waals surface area contributed by atoms with Crippen LogP contribution in [0.25, 0.3) is 0 Å². The highest BCUT2D eigenvalue weighted by Gasteiger charge is 2.38. The molecule has 0 saturated carbocycles. The molecule has 0 aliphatic rings. The van der Waals surface area contributed by atoms with Gasteiger partial charge >= 0.3 is 12.3 Å². The van der Waals surface area contributed by atoms with Gasteiger partial charge in [0.05, 0.1) is 0 Å². The molecular formula is C11H21F3N2O3. The molecule has 0 heterocycles. The lowest BCUT2D eigenvalue weighted by Crippen LogP contribution is -2.42. The second-order valence-electron chi connectivity index (χ2n) is 5.25. The molecule has 0 fully saturated rings. The van der Waals surface area contributed by atoms with Crippen molar-refractivity contribution in [2.24, 2.45) is 0 Å². The topological polar surface area (TPSA) is 61.8 Å². The first-order chi connectivity index (χ1) is 8.42. The van der Waals surface area contributed by atoms with Gasteiger partial charge in [0.15, 0.2) is 6.10 Å². The van der Waals surface area contributed by atoms with E-state index >= 15 is 0 Å². The molecule has 0 aliphatic carbocycles. The lowest BCUT2D eigenvalue weighted by atomic mass is 10.2. The number of carbonyl (C=O) groups is 1. The molecule has 5 nitrogen and oxygen atoms in total. The highest BCUT2D eigenvalue weighted by molar-refractivity contribution is 5.67. The van der Waals surface area contributed by atoms with Crippen LogP contribution in [0.3, 0.4) is 0 Å². The van der Waals surface area contributed by atoms with Crippen molar-refractivity contribution in [1.82, 2.24) is 10.2 Å². The van der Waals surface area contributed by atoms with Gasteiger partial charge in [-0.2, -0.15) is 13.2 Å². The lowest BCUT2D eigenvalue weighted by molar-refractivity contribution is -0.207. The molecule has 0 bridgehead atoms. The van der Waals surface area contributed by atoms with Crippen LogP contribution >= 0.6 is 0 Å². The van der Waals surface area contributed by atoms with Crippen molar-refractivity contribution >= 4 is 6.09 Å². The van der Waals surface area contributed by atoms with Crippen molar-refractivity contribution in [2.75, 3.05) is 26.7 Å². The number of likely N-dealkylation sites (N-methyl/N-ethyl adjacent to an activating group) is 1. The maximum absolute atomic E-state index is 12.1. The zero-order chi connectivity index (χ0) is 15.3. The number of hydrogen-bond acceptors (Lipinski definition) is 4. The first-order valence-corrected chi connectivity index (χ1v) is 5.82. The number of rotatable bonds is 5. The van der Waals surface area contributed by atoms with Gasteiger partial charge in [-0.05, 0) is 27.8 Å². The van der Waals surface area contributed by atoms with Gasteiger partial charge in [0, 0.05) is 19.6 Å². The van der Waals surface area contributed by atoms with Gasteiger partial charge in [-0.25, -0.2) is 4.79 Å². The van der Waals surface area contributed by atoms with Crippen LogP contribution in [0.1, 0.15) is 20.8 Å². The summed E-state index contributed by atoms with van der Waals surface area (Å²) in [5.74, 6) is 0. The van der Waals surface area contributed by atoms with Gasteiger partial charge < -0.3 is 20.1 Å². The molecule has 0 rings (SSSR count). The van der Waals surface area contributed by atoms with E-state index in [4.69, 9.17) is 9.84 Å². The zero-order valence-electron chi connectivity index (χ0n) is 11.5. The Morgan fingerprint density at radius 1 is 1.37 bits per heavy atom. The summed E-state index contributed by atoms with van der Waals surface area (Å²) in [6.45, 7) is 4.89. The van der Waals surface area contributed by atoms with Crippen molar-refractivity contribution < 1.29 is 27.8 Å². The van der Waals surface area contributed by atoms with Crippen LogP contribution in [-0.4, -0.2) is 60.7 Å². The van der Waals surface area contributed by atoms with Crippen molar-refractivity contribution in [2.45, 2.75) is 38.7 Å². The normalized spacial score (nSPS) is 14.4. The Labute approximate surface area is 110 Å². The Hall–Kier alpha value is -1.02. The molecule has 0 radical (unpaired) electrons. The Morgan fingerprint density at radius 2 is 1.89 bits per heavy atom. The van der Waals surface area contributed by atoms with E-state index in [1.807, 2.05) is 0 Å². The quantitative estimate of drug-likeness (QED) is 0.801. The smallest absolute Gasteiger partial charge is 0.415 e. The van der Waals surface area contributed by atoms with E-state index in [2.05, 4.69) is 5.32 Å². The molecule has 1 atom stereocenters. The predicted octanol–water partition coefficient (Wildman–Crippen LogP) is 1.37. The first kappa shape index (κ1) is 18.0. The average molecular weight is 286 g/mol. The number of aliphatic hydroxyl groups is 1. The minimum Gasteiger partial charge on any atom is -0.444 e. The lowest BCUT2D eigenvalue weighted by Gasteiger charge is -2.23. The van der Waals surface area contributed by atoms with Gasteiger partial charge in [0.25, 0.3) is 0 Å². The SMILES string of the molecule is CN(CCNC(=O)OC(C)(C)C)C[C@@H](O)C(F)(F)F. The van der Waals surface area contributed by atoms with Crippen LogP contribution < -0.4 is 5.32 Å². The molecule has 0 aromatic heterocycles. The Bertz CT molecular complexity index is 290. The summed E-state index contributed by atoms with van der Waals surface area (Å²) < 4.78 is 41.2. The third-order valence-electron chi connectivity index (χ3n) is 2.02. The van der Waals surface area contributed by atoms with Crippen LogP contribution in [0.4, 0.5) is 18.0 Å². The van der Waals surface area contributed by atoms with E-state index < -0.39 is 30.5 Å². The summed E-state index contributed by atoms with van der Waals surface area (Å²) in [6, 6.07) is 0.